The van der Waals surface area contributed by atoms with Crippen molar-refractivity contribution >= 4 is 5.78 Å². The van der Waals surface area contributed by atoms with Crippen LogP contribution in [0.4, 0.5) is 0 Å². The molecule has 2 heterocycles. The van der Waals surface area contributed by atoms with Crippen LogP contribution in [0.25, 0.3) is 0 Å². The Bertz CT molecular complexity index is 252. The van der Waals surface area contributed by atoms with Crippen LogP contribution >= 0.6 is 0 Å². The van der Waals surface area contributed by atoms with Gasteiger partial charge >= 0.3 is 0 Å². The molecule has 15 heavy (non-hydrogen) atoms. The van der Waals surface area contributed by atoms with Crippen LogP contribution in [0.5, 0.6) is 0 Å². The van der Waals surface area contributed by atoms with Gasteiger partial charge in [-0.05, 0) is 19.3 Å². The van der Waals surface area contributed by atoms with Crippen LogP contribution in [-0.2, 0) is 4.79 Å². The fraction of sp³-hybridized carbons (Fsp3) is 0.917. The minimum absolute atomic E-state index is 0.461. The van der Waals surface area contributed by atoms with Crippen molar-refractivity contribution in [3.05, 3.63) is 0 Å². The molecular weight excluding hydrogens is 188 g/mol. The third-order valence-electron chi connectivity index (χ3n) is 4.13. The van der Waals surface area contributed by atoms with Crippen LogP contribution in [0.3, 0.4) is 0 Å². The average molecular weight is 208 g/mol. The van der Waals surface area contributed by atoms with E-state index in [0.717, 1.165) is 38.0 Å². The molecule has 0 radical (unpaired) electrons. The summed E-state index contributed by atoms with van der Waals surface area (Å²) >= 11 is 0. The van der Waals surface area contributed by atoms with E-state index >= 15 is 0 Å². The predicted molar refractivity (Wildman–Crippen MR) is 58.8 cm³/mol. The van der Waals surface area contributed by atoms with Gasteiger partial charge in [0.25, 0.3) is 0 Å². The standard InChI is InChI=1S/C12H20N2O/c15-12-4-7-13(8-5-12)11-3-6-14(9-11)10-1-2-10/h10-11H,1-9H2. The molecule has 2 saturated heterocycles. The van der Waals surface area contributed by atoms with E-state index in [4.69, 9.17) is 0 Å². The van der Waals surface area contributed by atoms with Crippen LogP contribution in [0.15, 0.2) is 0 Å². The normalized spacial score (nSPS) is 34.9. The van der Waals surface area contributed by atoms with Crippen molar-refractivity contribution in [2.24, 2.45) is 0 Å². The van der Waals surface area contributed by atoms with Gasteiger partial charge in [-0.1, -0.05) is 0 Å². The summed E-state index contributed by atoms with van der Waals surface area (Å²) in [5, 5.41) is 0. The van der Waals surface area contributed by atoms with Crippen LogP contribution < -0.4 is 0 Å². The minimum atomic E-state index is 0.461. The quantitative estimate of drug-likeness (QED) is 0.673. The van der Waals surface area contributed by atoms with Gasteiger partial charge in [0.1, 0.15) is 5.78 Å². The Labute approximate surface area is 91.4 Å². The molecule has 0 N–H and O–H groups in total. The van der Waals surface area contributed by atoms with Gasteiger partial charge in [0.05, 0.1) is 0 Å². The van der Waals surface area contributed by atoms with E-state index < -0.39 is 0 Å². The Morgan fingerprint density at radius 1 is 0.867 bits per heavy atom. The predicted octanol–water partition coefficient (Wildman–Crippen LogP) is 0.888. The minimum Gasteiger partial charge on any atom is -0.300 e. The maximum absolute atomic E-state index is 11.2. The number of ketones is 1. The molecule has 1 atom stereocenters. The number of carbonyl (C=O) groups excluding carboxylic acids is 1. The van der Waals surface area contributed by atoms with Gasteiger partial charge in [-0.15, -0.1) is 0 Å². The van der Waals surface area contributed by atoms with Crippen molar-refractivity contribution in [2.45, 2.75) is 44.2 Å². The van der Waals surface area contributed by atoms with Crippen molar-refractivity contribution in [3.8, 4) is 0 Å². The second-order valence-electron chi connectivity index (χ2n) is 5.24. The van der Waals surface area contributed by atoms with Gasteiger partial charge in [-0.2, -0.15) is 0 Å². The van der Waals surface area contributed by atoms with Crippen molar-refractivity contribution in [1.29, 1.82) is 0 Å². The number of nitrogens with zero attached hydrogens (tertiary/aromatic N) is 2. The van der Waals surface area contributed by atoms with Crippen molar-refractivity contribution in [1.82, 2.24) is 9.80 Å². The summed E-state index contributed by atoms with van der Waals surface area (Å²) in [6.45, 7) is 4.59. The smallest absolute Gasteiger partial charge is 0.135 e. The highest BCUT2D eigenvalue weighted by molar-refractivity contribution is 5.79. The highest BCUT2D eigenvalue weighted by Crippen LogP contribution is 2.31. The third kappa shape index (κ3) is 2.08. The van der Waals surface area contributed by atoms with Crippen LogP contribution in [0.1, 0.15) is 32.1 Å². The van der Waals surface area contributed by atoms with Crippen LogP contribution in [-0.4, -0.2) is 53.8 Å². The monoisotopic (exact) mass is 208 g/mol. The molecule has 2 aliphatic heterocycles. The Morgan fingerprint density at radius 2 is 1.60 bits per heavy atom. The summed E-state index contributed by atoms with van der Waals surface area (Å²) < 4.78 is 0. The van der Waals surface area contributed by atoms with E-state index in [1.54, 1.807) is 0 Å². The number of hydrogen-bond donors (Lipinski definition) is 0. The number of piperidine rings is 1. The maximum atomic E-state index is 11.2. The molecule has 3 aliphatic rings. The second kappa shape index (κ2) is 3.87. The Morgan fingerprint density at radius 3 is 2.27 bits per heavy atom. The molecule has 0 amide bonds. The zero-order chi connectivity index (χ0) is 10.3. The average Bonchev–Trinajstić information content (AvgIpc) is 2.99. The van der Waals surface area contributed by atoms with E-state index in [1.165, 1.54) is 32.4 Å². The molecular formula is C12H20N2O. The first-order valence-corrected chi connectivity index (χ1v) is 6.33. The van der Waals surface area contributed by atoms with Gasteiger partial charge < -0.3 is 0 Å². The Kier molecular flexibility index (Phi) is 2.53. The van der Waals surface area contributed by atoms with Crippen LogP contribution in [0, 0.1) is 0 Å². The van der Waals surface area contributed by atoms with Gasteiger partial charge in [0.2, 0.25) is 0 Å². The summed E-state index contributed by atoms with van der Waals surface area (Å²) in [5.74, 6) is 0.461. The molecule has 0 aromatic carbocycles. The lowest BCUT2D eigenvalue weighted by atomic mass is 10.1. The third-order valence-corrected chi connectivity index (χ3v) is 4.13. The fourth-order valence-electron chi connectivity index (χ4n) is 2.98. The van der Waals surface area contributed by atoms with Crippen molar-refractivity contribution in [2.75, 3.05) is 26.2 Å². The maximum Gasteiger partial charge on any atom is 0.135 e. The van der Waals surface area contributed by atoms with Gasteiger partial charge in [0, 0.05) is 51.1 Å². The zero-order valence-corrected chi connectivity index (χ0v) is 9.32. The molecule has 1 aliphatic carbocycles. The Balaban J connectivity index is 1.52. The van der Waals surface area contributed by atoms with Gasteiger partial charge in [0.15, 0.2) is 0 Å². The van der Waals surface area contributed by atoms with E-state index in [2.05, 4.69) is 9.80 Å². The lowest BCUT2D eigenvalue weighted by Crippen LogP contribution is -2.43. The van der Waals surface area contributed by atoms with Gasteiger partial charge in [-0.3, -0.25) is 14.6 Å². The molecule has 1 saturated carbocycles. The lowest BCUT2D eigenvalue weighted by molar-refractivity contribution is -0.121. The van der Waals surface area contributed by atoms with E-state index in [0.29, 0.717) is 5.78 Å². The Hall–Kier alpha value is -0.410. The number of likely N-dealkylation sites (tertiary alicyclic amines) is 2. The van der Waals surface area contributed by atoms with E-state index in [1.807, 2.05) is 0 Å². The van der Waals surface area contributed by atoms with E-state index in [9.17, 15) is 4.79 Å². The number of rotatable bonds is 2. The molecule has 3 fully saturated rings. The molecule has 3 rings (SSSR count). The number of carbonyl (C=O) groups is 1. The second-order valence-corrected chi connectivity index (χ2v) is 5.24. The highest BCUT2D eigenvalue weighted by atomic mass is 16.1. The molecule has 1 unspecified atom stereocenters. The summed E-state index contributed by atoms with van der Waals surface area (Å²) in [7, 11) is 0. The molecule has 0 spiro atoms. The summed E-state index contributed by atoms with van der Waals surface area (Å²) in [6, 6.07) is 1.67. The van der Waals surface area contributed by atoms with Crippen molar-refractivity contribution in [3.63, 3.8) is 0 Å². The molecule has 3 heteroatoms. The molecule has 0 bridgehead atoms. The number of Topliss-reactive ketones (excluding diaryl/α,β-unsaturated/α-hetero) is 1. The molecule has 84 valence electrons. The highest BCUT2D eigenvalue weighted by Gasteiger charge is 2.36. The zero-order valence-electron chi connectivity index (χ0n) is 9.32. The molecule has 0 aromatic rings. The van der Waals surface area contributed by atoms with Crippen molar-refractivity contribution < 1.29 is 4.79 Å². The first-order chi connectivity index (χ1) is 7.33. The largest absolute Gasteiger partial charge is 0.300 e. The molecule has 0 aromatic heterocycles. The van der Waals surface area contributed by atoms with Gasteiger partial charge in [-0.25, -0.2) is 0 Å². The molecule has 3 nitrogen and oxygen atoms in total. The van der Waals surface area contributed by atoms with E-state index in [-0.39, 0.29) is 0 Å². The first-order valence-electron chi connectivity index (χ1n) is 6.33. The SMILES string of the molecule is O=C1CCN(C2CCN(C3CC3)C2)CC1. The summed E-state index contributed by atoms with van der Waals surface area (Å²) in [4.78, 5) is 16.4. The lowest BCUT2D eigenvalue weighted by Gasteiger charge is -2.31. The summed E-state index contributed by atoms with van der Waals surface area (Å²) in [5.41, 5.74) is 0. The van der Waals surface area contributed by atoms with Crippen LogP contribution in [0.2, 0.25) is 0 Å². The summed E-state index contributed by atoms with van der Waals surface area (Å²) in [6.07, 6.45) is 5.75. The first kappa shape index (κ1) is 9.79. The fourth-order valence-corrected chi connectivity index (χ4v) is 2.98. The number of hydrogen-bond acceptors (Lipinski definition) is 3. The topological polar surface area (TPSA) is 23.6 Å².